The maximum atomic E-state index is 12.5. The number of anilines is 1. The number of nitrogens with zero attached hydrogens (tertiary/aromatic N) is 2. The minimum atomic E-state index is -1.04. The van der Waals surface area contributed by atoms with Crippen LogP contribution in [0.1, 0.15) is 18.4 Å². The van der Waals surface area contributed by atoms with Crippen LogP contribution in [0.5, 0.6) is 5.75 Å². The highest BCUT2D eigenvalue weighted by atomic mass is 16.5. The normalized spacial score (nSPS) is 17.4. The van der Waals surface area contributed by atoms with Gasteiger partial charge in [0.15, 0.2) is 6.10 Å². The molecule has 1 N–H and O–H groups in total. The molecule has 0 bridgehead atoms. The minimum absolute atomic E-state index is 0.278. The van der Waals surface area contributed by atoms with Crippen molar-refractivity contribution >= 4 is 17.6 Å². The second-order valence-corrected chi connectivity index (χ2v) is 5.82. The van der Waals surface area contributed by atoms with Crippen molar-refractivity contribution < 1.29 is 19.4 Å². The number of carboxylic acid groups (broad SMARTS) is 1. The van der Waals surface area contributed by atoms with Gasteiger partial charge in [0.1, 0.15) is 5.75 Å². The minimum Gasteiger partial charge on any atom is -0.481 e. The van der Waals surface area contributed by atoms with Crippen LogP contribution in [-0.4, -0.2) is 55.2 Å². The van der Waals surface area contributed by atoms with Crippen molar-refractivity contribution in [1.29, 1.82) is 0 Å². The maximum Gasteiger partial charge on any atom is 0.307 e. The van der Waals surface area contributed by atoms with E-state index in [9.17, 15) is 9.59 Å². The Balaban J connectivity index is 2.25. The topological polar surface area (TPSA) is 70.1 Å². The summed E-state index contributed by atoms with van der Waals surface area (Å²) in [5.74, 6) is -0.747. The van der Waals surface area contributed by atoms with Crippen LogP contribution in [0.2, 0.25) is 0 Å². The highest BCUT2D eigenvalue weighted by molar-refractivity contribution is 6.01. The summed E-state index contributed by atoms with van der Waals surface area (Å²) in [7, 11) is 3.96. The molecule has 1 aliphatic heterocycles. The summed E-state index contributed by atoms with van der Waals surface area (Å²) in [5, 5.41) is 8.95. The van der Waals surface area contributed by atoms with E-state index in [2.05, 4.69) is 4.90 Å². The zero-order valence-electron chi connectivity index (χ0n) is 13.2. The molecule has 1 heterocycles. The predicted octanol–water partition coefficient (Wildman–Crippen LogP) is 1.52. The van der Waals surface area contributed by atoms with Crippen LogP contribution >= 0.6 is 0 Å². The lowest BCUT2D eigenvalue weighted by molar-refractivity contribution is -0.142. The van der Waals surface area contributed by atoms with E-state index in [0.717, 1.165) is 24.2 Å². The van der Waals surface area contributed by atoms with Crippen molar-refractivity contribution in [3.8, 4) is 5.75 Å². The molecule has 0 aromatic heterocycles. The Bertz CT molecular complexity index is 571. The van der Waals surface area contributed by atoms with Crippen molar-refractivity contribution in [3.63, 3.8) is 0 Å². The van der Waals surface area contributed by atoms with Crippen molar-refractivity contribution in [2.45, 2.75) is 25.9 Å². The van der Waals surface area contributed by atoms with Crippen LogP contribution in [0.3, 0.4) is 0 Å². The molecular weight excluding hydrogens is 284 g/mol. The number of fused-ring (bicyclic) bond motifs is 1. The molecule has 2 rings (SSSR count). The lowest BCUT2D eigenvalue weighted by Crippen LogP contribution is -2.47. The summed E-state index contributed by atoms with van der Waals surface area (Å²) in [6.45, 7) is 3.36. The van der Waals surface area contributed by atoms with Crippen LogP contribution < -0.4 is 9.64 Å². The first-order valence-electron chi connectivity index (χ1n) is 7.33. The maximum absolute atomic E-state index is 12.5. The number of hydrogen-bond acceptors (Lipinski definition) is 4. The molecule has 0 spiro atoms. The number of aryl methyl sites for hydroxylation is 1. The number of benzene rings is 1. The lowest BCUT2D eigenvalue weighted by atomic mass is 10.1. The zero-order chi connectivity index (χ0) is 16.3. The molecule has 120 valence electrons. The third kappa shape index (κ3) is 3.76. The van der Waals surface area contributed by atoms with Gasteiger partial charge >= 0.3 is 5.97 Å². The van der Waals surface area contributed by atoms with Gasteiger partial charge in [-0.1, -0.05) is 6.07 Å². The number of ether oxygens (including phenoxy) is 1. The number of amides is 1. The van der Waals surface area contributed by atoms with E-state index >= 15 is 0 Å². The number of carbonyl (C=O) groups is 2. The number of carboxylic acids is 1. The van der Waals surface area contributed by atoms with Crippen LogP contribution in [0, 0.1) is 6.92 Å². The monoisotopic (exact) mass is 306 g/mol. The van der Waals surface area contributed by atoms with E-state index in [-0.39, 0.29) is 12.3 Å². The van der Waals surface area contributed by atoms with E-state index in [4.69, 9.17) is 9.84 Å². The fourth-order valence-corrected chi connectivity index (χ4v) is 2.50. The summed E-state index contributed by atoms with van der Waals surface area (Å²) in [5.41, 5.74) is 1.76. The van der Waals surface area contributed by atoms with Gasteiger partial charge in [-0.2, -0.15) is 0 Å². The summed E-state index contributed by atoms with van der Waals surface area (Å²) in [4.78, 5) is 27.2. The van der Waals surface area contributed by atoms with Gasteiger partial charge in [-0.25, -0.2) is 0 Å². The first kappa shape index (κ1) is 16.3. The Morgan fingerprint density at radius 1 is 1.41 bits per heavy atom. The van der Waals surface area contributed by atoms with E-state index in [1.807, 2.05) is 33.2 Å². The summed E-state index contributed by atoms with van der Waals surface area (Å²) in [6.07, 6.45) is -0.463. The van der Waals surface area contributed by atoms with Gasteiger partial charge in [-0.15, -0.1) is 0 Å². The fourth-order valence-electron chi connectivity index (χ4n) is 2.50. The molecule has 0 radical (unpaired) electrons. The number of rotatable bonds is 6. The second-order valence-electron chi connectivity index (χ2n) is 5.82. The molecule has 0 fully saturated rings. The van der Waals surface area contributed by atoms with Gasteiger partial charge in [0.25, 0.3) is 5.91 Å². The summed E-state index contributed by atoms with van der Waals surface area (Å²) < 4.78 is 5.59. The molecule has 1 aromatic rings. The molecule has 6 heteroatoms. The summed E-state index contributed by atoms with van der Waals surface area (Å²) in [6, 6.07) is 5.59. The lowest BCUT2D eigenvalue weighted by Gasteiger charge is -2.34. The number of hydrogen-bond donors (Lipinski definition) is 1. The van der Waals surface area contributed by atoms with Crippen molar-refractivity contribution in [3.05, 3.63) is 23.8 Å². The first-order valence-corrected chi connectivity index (χ1v) is 7.33. The molecule has 0 aliphatic carbocycles. The molecule has 1 unspecified atom stereocenters. The smallest absolute Gasteiger partial charge is 0.307 e. The van der Waals surface area contributed by atoms with Crippen molar-refractivity contribution in [2.24, 2.45) is 0 Å². The third-order valence-electron chi connectivity index (χ3n) is 3.56. The average Bonchev–Trinajstić information content (AvgIpc) is 2.42. The molecule has 1 atom stereocenters. The molecule has 1 aromatic carbocycles. The Hall–Kier alpha value is -2.08. The zero-order valence-corrected chi connectivity index (χ0v) is 13.2. The van der Waals surface area contributed by atoms with Crippen LogP contribution in [0.4, 0.5) is 5.69 Å². The Morgan fingerprint density at radius 3 is 2.77 bits per heavy atom. The largest absolute Gasteiger partial charge is 0.481 e. The Morgan fingerprint density at radius 2 is 2.14 bits per heavy atom. The average molecular weight is 306 g/mol. The number of aliphatic carboxylic acids is 1. The van der Waals surface area contributed by atoms with E-state index in [1.54, 1.807) is 11.0 Å². The molecule has 0 saturated carbocycles. The summed E-state index contributed by atoms with van der Waals surface area (Å²) >= 11 is 0. The van der Waals surface area contributed by atoms with Crippen LogP contribution in [-0.2, 0) is 9.59 Å². The fraction of sp³-hybridized carbons (Fsp3) is 0.500. The van der Waals surface area contributed by atoms with Gasteiger partial charge in [-0.3, -0.25) is 9.59 Å². The van der Waals surface area contributed by atoms with Gasteiger partial charge in [0.2, 0.25) is 0 Å². The molecule has 0 saturated heterocycles. The van der Waals surface area contributed by atoms with Gasteiger partial charge in [-0.05, 0) is 51.7 Å². The Labute approximate surface area is 130 Å². The van der Waals surface area contributed by atoms with E-state index in [1.165, 1.54) is 0 Å². The van der Waals surface area contributed by atoms with Crippen LogP contribution in [0.15, 0.2) is 18.2 Å². The molecule has 6 nitrogen and oxygen atoms in total. The van der Waals surface area contributed by atoms with Gasteiger partial charge in [0.05, 0.1) is 12.1 Å². The second kappa shape index (κ2) is 6.79. The quantitative estimate of drug-likeness (QED) is 0.863. The SMILES string of the molecule is Cc1ccc2c(c1)N(CCCN(C)C)C(=O)C(CC(=O)O)O2. The number of carbonyl (C=O) groups excluding carboxylic acids is 1. The molecule has 1 aliphatic rings. The molecule has 1 amide bonds. The third-order valence-corrected chi connectivity index (χ3v) is 3.56. The van der Waals surface area contributed by atoms with E-state index < -0.39 is 12.1 Å². The standard InChI is InChI=1S/C16H22N2O4/c1-11-5-6-13-12(9-11)18(8-4-7-17(2)3)16(21)14(22-13)10-15(19)20/h5-6,9,14H,4,7-8,10H2,1-3H3,(H,19,20). The highest BCUT2D eigenvalue weighted by Crippen LogP contribution is 2.35. The predicted molar refractivity (Wildman–Crippen MR) is 83.4 cm³/mol. The van der Waals surface area contributed by atoms with Crippen LogP contribution in [0.25, 0.3) is 0 Å². The molecular formula is C16H22N2O4. The first-order chi connectivity index (χ1) is 10.4. The molecule has 22 heavy (non-hydrogen) atoms. The van der Waals surface area contributed by atoms with E-state index in [0.29, 0.717) is 12.3 Å². The highest BCUT2D eigenvalue weighted by Gasteiger charge is 2.35. The van der Waals surface area contributed by atoms with Crippen molar-refractivity contribution in [1.82, 2.24) is 4.90 Å². The Kier molecular flexibility index (Phi) is 5.03. The van der Waals surface area contributed by atoms with Gasteiger partial charge < -0.3 is 19.6 Å². The van der Waals surface area contributed by atoms with Gasteiger partial charge in [0, 0.05) is 6.54 Å². The van der Waals surface area contributed by atoms with Crippen molar-refractivity contribution in [2.75, 3.05) is 32.1 Å².